The third-order valence-electron chi connectivity index (χ3n) is 4.37. The standard InChI is InChI=1S/C14H16N2OS/c15-8-11-3-4-18-14(11)16-13(17)7-12-6-9-1-2-10(12)5-9/h3-4,9-10,12H,1-2,5-7H2,(H,16,17)/t9-,10-,12+/m0/s1. The topological polar surface area (TPSA) is 52.9 Å². The van der Waals surface area contributed by atoms with Gasteiger partial charge in [-0.25, -0.2) is 0 Å². The molecule has 1 amide bonds. The molecule has 4 heteroatoms. The molecule has 2 fully saturated rings. The molecule has 3 rings (SSSR count). The van der Waals surface area contributed by atoms with Crippen molar-refractivity contribution in [3.63, 3.8) is 0 Å². The van der Waals surface area contributed by atoms with Crippen LogP contribution in [0.25, 0.3) is 0 Å². The van der Waals surface area contributed by atoms with Gasteiger partial charge in [0.15, 0.2) is 0 Å². The van der Waals surface area contributed by atoms with E-state index in [1.807, 2.05) is 5.38 Å². The van der Waals surface area contributed by atoms with Crippen LogP contribution in [-0.4, -0.2) is 5.91 Å². The van der Waals surface area contributed by atoms with Crippen molar-refractivity contribution < 1.29 is 4.79 Å². The number of nitriles is 1. The first-order valence-corrected chi connectivity index (χ1v) is 7.41. The second kappa shape index (κ2) is 4.74. The Morgan fingerprint density at radius 1 is 1.50 bits per heavy atom. The lowest BCUT2D eigenvalue weighted by Gasteiger charge is -2.20. The van der Waals surface area contributed by atoms with Gasteiger partial charge in [-0.15, -0.1) is 11.3 Å². The van der Waals surface area contributed by atoms with Gasteiger partial charge >= 0.3 is 0 Å². The monoisotopic (exact) mass is 260 g/mol. The fourth-order valence-electron chi connectivity index (χ4n) is 3.54. The molecular formula is C14H16N2OS. The smallest absolute Gasteiger partial charge is 0.225 e. The van der Waals surface area contributed by atoms with Crippen LogP contribution in [-0.2, 0) is 4.79 Å². The quantitative estimate of drug-likeness (QED) is 0.905. The number of hydrogen-bond acceptors (Lipinski definition) is 3. The van der Waals surface area contributed by atoms with Crippen molar-refractivity contribution in [2.45, 2.75) is 32.1 Å². The molecule has 0 aromatic carbocycles. The van der Waals surface area contributed by atoms with E-state index in [1.54, 1.807) is 6.07 Å². The first-order chi connectivity index (χ1) is 8.76. The average Bonchev–Trinajstić information content (AvgIpc) is 3.04. The molecule has 2 saturated carbocycles. The van der Waals surface area contributed by atoms with Crippen LogP contribution in [0.3, 0.4) is 0 Å². The molecule has 2 aliphatic carbocycles. The summed E-state index contributed by atoms with van der Waals surface area (Å²) in [6, 6.07) is 3.85. The molecule has 2 aliphatic rings. The summed E-state index contributed by atoms with van der Waals surface area (Å²) in [5.74, 6) is 2.31. The van der Waals surface area contributed by atoms with Crippen LogP contribution in [0.2, 0.25) is 0 Å². The maximum Gasteiger partial charge on any atom is 0.225 e. The van der Waals surface area contributed by atoms with E-state index in [9.17, 15) is 4.79 Å². The summed E-state index contributed by atoms with van der Waals surface area (Å²) in [7, 11) is 0. The van der Waals surface area contributed by atoms with E-state index in [0.717, 1.165) is 11.8 Å². The second-order valence-electron chi connectivity index (χ2n) is 5.46. The molecule has 0 spiro atoms. The van der Waals surface area contributed by atoms with Crippen molar-refractivity contribution >= 4 is 22.2 Å². The van der Waals surface area contributed by atoms with Crippen LogP contribution < -0.4 is 5.32 Å². The van der Waals surface area contributed by atoms with Crippen molar-refractivity contribution in [2.24, 2.45) is 17.8 Å². The number of nitrogens with one attached hydrogen (secondary N) is 1. The third-order valence-corrected chi connectivity index (χ3v) is 5.20. The lowest BCUT2D eigenvalue weighted by atomic mass is 9.86. The number of carbonyl (C=O) groups excluding carboxylic acids is 1. The van der Waals surface area contributed by atoms with Crippen LogP contribution in [0, 0.1) is 29.1 Å². The summed E-state index contributed by atoms with van der Waals surface area (Å²) >= 11 is 1.42. The minimum absolute atomic E-state index is 0.0755. The highest BCUT2D eigenvalue weighted by molar-refractivity contribution is 7.14. The molecule has 2 bridgehead atoms. The van der Waals surface area contributed by atoms with Crippen molar-refractivity contribution in [2.75, 3.05) is 5.32 Å². The summed E-state index contributed by atoms with van der Waals surface area (Å²) in [6.07, 6.45) is 5.87. The van der Waals surface area contributed by atoms with Gasteiger partial charge in [-0.1, -0.05) is 6.42 Å². The lowest BCUT2D eigenvalue weighted by molar-refractivity contribution is -0.117. The van der Waals surface area contributed by atoms with Gasteiger partial charge in [-0.05, 0) is 48.5 Å². The molecule has 3 nitrogen and oxygen atoms in total. The predicted molar refractivity (Wildman–Crippen MR) is 71.2 cm³/mol. The zero-order chi connectivity index (χ0) is 12.5. The molecule has 94 valence electrons. The van der Waals surface area contributed by atoms with E-state index >= 15 is 0 Å². The third kappa shape index (κ3) is 2.15. The summed E-state index contributed by atoms with van der Waals surface area (Å²) in [4.78, 5) is 12.0. The van der Waals surface area contributed by atoms with Crippen LogP contribution >= 0.6 is 11.3 Å². The van der Waals surface area contributed by atoms with E-state index in [1.165, 1.54) is 37.0 Å². The van der Waals surface area contributed by atoms with Gasteiger partial charge in [0.1, 0.15) is 11.1 Å². The highest BCUT2D eigenvalue weighted by Crippen LogP contribution is 2.49. The van der Waals surface area contributed by atoms with Gasteiger partial charge in [-0.2, -0.15) is 5.26 Å². The van der Waals surface area contributed by atoms with Gasteiger partial charge in [0.05, 0.1) is 5.56 Å². The largest absolute Gasteiger partial charge is 0.317 e. The van der Waals surface area contributed by atoms with Gasteiger partial charge in [-0.3, -0.25) is 4.79 Å². The predicted octanol–water partition coefficient (Wildman–Crippen LogP) is 3.38. The molecule has 3 atom stereocenters. The Balaban J connectivity index is 1.58. The fourth-order valence-corrected chi connectivity index (χ4v) is 4.29. The number of amides is 1. The molecule has 0 aliphatic heterocycles. The maximum atomic E-state index is 12.0. The molecule has 1 aromatic rings. The van der Waals surface area contributed by atoms with Crippen LogP contribution in [0.5, 0.6) is 0 Å². The van der Waals surface area contributed by atoms with Gasteiger partial charge < -0.3 is 5.32 Å². The van der Waals surface area contributed by atoms with E-state index in [2.05, 4.69) is 11.4 Å². The molecule has 0 radical (unpaired) electrons. The van der Waals surface area contributed by atoms with Gasteiger partial charge in [0.25, 0.3) is 0 Å². The molecule has 18 heavy (non-hydrogen) atoms. The van der Waals surface area contributed by atoms with Crippen molar-refractivity contribution in [3.05, 3.63) is 17.0 Å². The van der Waals surface area contributed by atoms with Crippen LogP contribution in [0.15, 0.2) is 11.4 Å². The summed E-state index contributed by atoms with van der Waals surface area (Å²) in [5.41, 5.74) is 0.571. The number of hydrogen-bond donors (Lipinski definition) is 1. The minimum Gasteiger partial charge on any atom is -0.317 e. The van der Waals surface area contributed by atoms with Crippen LogP contribution in [0.1, 0.15) is 37.7 Å². The summed E-state index contributed by atoms with van der Waals surface area (Å²) in [6.45, 7) is 0. The Bertz CT molecular complexity index is 502. The van der Waals surface area contributed by atoms with E-state index in [-0.39, 0.29) is 5.91 Å². The van der Waals surface area contributed by atoms with Gasteiger partial charge in [0, 0.05) is 6.42 Å². The number of carbonyl (C=O) groups is 1. The Morgan fingerprint density at radius 2 is 2.39 bits per heavy atom. The highest BCUT2D eigenvalue weighted by Gasteiger charge is 2.40. The van der Waals surface area contributed by atoms with Crippen LogP contribution in [0.4, 0.5) is 5.00 Å². The van der Waals surface area contributed by atoms with E-state index < -0.39 is 0 Å². The van der Waals surface area contributed by atoms with E-state index in [0.29, 0.717) is 22.9 Å². The van der Waals surface area contributed by atoms with Crippen molar-refractivity contribution in [1.82, 2.24) is 0 Å². The molecule has 0 unspecified atom stereocenters. The Hall–Kier alpha value is -1.34. The SMILES string of the molecule is N#Cc1ccsc1NC(=O)C[C@H]1C[C@H]2CC[C@H]1C2. The molecule has 1 aromatic heterocycles. The van der Waals surface area contributed by atoms with E-state index in [4.69, 9.17) is 5.26 Å². The number of thiophene rings is 1. The first-order valence-electron chi connectivity index (χ1n) is 6.53. The van der Waals surface area contributed by atoms with Crippen molar-refractivity contribution in [3.8, 4) is 6.07 Å². The summed E-state index contributed by atoms with van der Waals surface area (Å²) in [5, 5.41) is 14.3. The Labute approximate surface area is 111 Å². The second-order valence-corrected chi connectivity index (χ2v) is 6.38. The molecule has 0 saturated heterocycles. The van der Waals surface area contributed by atoms with Gasteiger partial charge in [0.2, 0.25) is 5.91 Å². The average molecular weight is 260 g/mol. The minimum atomic E-state index is 0.0755. The maximum absolute atomic E-state index is 12.0. The molecule has 1 N–H and O–H groups in total. The summed E-state index contributed by atoms with van der Waals surface area (Å²) < 4.78 is 0. The Kier molecular flexibility index (Phi) is 3.09. The zero-order valence-electron chi connectivity index (χ0n) is 10.2. The highest BCUT2D eigenvalue weighted by atomic mass is 32.1. The normalized spacial score (nSPS) is 29.2. The zero-order valence-corrected chi connectivity index (χ0v) is 11.0. The van der Waals surface area contributed by atoms with Crippen molar-refractivity contribution in [1.29, 1.82) is 5.26 Å². The number of rotatable bonds is 3. The first kappa shape index (κ1) is 11.7. The lowest BCUT2D eigenvalue weighted by Crippen LogP contribution is -2.20. The number of fused-ring (bicyclic) bond motifs is 2. The molecular weight excluding hydrogens is 244 g/mol. The number of nitrogens with zero attached hydrogens (tertiary/aromatic N) is 1. The number of anilines is 1. The molecule has 1 heterocycles. The Morgan fingerprint density at radius 3 is 3.06 bits per heavy atom. The fraction of sp³-hybridized carbons (Fsp3) is 0.571.